The zero-order chi connectivity index (χ0) is 14.7. The zero-order valence-corrected chi connectivity index (χ0v) is 12.4. The average molecular weight is 300 g/mol. The summed E-state index contributed by atoms with van der Waals surface area (Å²) in [4.78, 5) is 24.3. The first-order valence-corrected chi connectivity index (χ1v) is 7.20. The standard InChI is InChI=1S/C13H16O6S/c1-4-16-12(14)10-8-9(19-7(3)6-18-8)11(20-10)13(15)17-5-2/h7H,4-6H2,1-3H3/t7-/m0/s1. The van der Waals surface area contributed by atoms with Crippen molar-refractivity contribution < 1.29 is 28.5 Å². The number of fused-ring (bicyclic) bond motifs is 1. The lowest BCUT2D eigenvalue weighted by atomic mass is 10.3. The molecule has 1 atom stereocenters. The third-order valence-corrected chi connectivity index (χ3v) is 3.64. The summed E-state index contributed by atoms with van der Waals surface area (Å²) in [6.07, 6.45) is -0.194. The maximum Gasteiger partial charge on any atom is 0.352 e. The van der Waals surface area contributed by atoms with Crippen molar-refractivity contribution >= 4 is 23.3 Å². The van der Waals surface area contributed by atoms with Gasteiger partial charge in [0, 0.05) is 0 Å². The van der Waals surface area contributed by atoms with E-state index in [9.17, 15) is 9.59 Å². The Bertz CT molecular complexity index is 521. The smallest absolute Gasteiger partial charge is 0.352 e. The summed E-state index contributed by atoms with van der Waals surface area (Å²) in [6.45, 7) is 6.06. The minimum absolute atomic E-state index is 0.194. The molecule has 110 valence electrons. The second-order valence-electron chi connectivity index (χ2n) is 4.10. The fourth-order valence-electron chi connectivity index (χ4n) is 1.74. The third-order valence-electron chi connectivity index (χ3n) is 2.53. The van der Waals surface area contributed by atoms with Crippen LogP contribution in [-0.4, -0.2) is 37.9 Å². The van der Waals surface area contributed by atoms with Crippen LogP contribution in [0.4, 0.5) is 0 Å². The van der Waals surface area contributed by atoms with Gasteiger partial charge in [-0.05, 0) is 20.8 Å². The molecular weight excluding hydrogens is 284 g/mol. The Morgan fingerprint density at radius 1 is 1.15 bits per heavy atom. The number of rotatable bonds is 4. The molecule has 1 aromatic rings. The Balaban J connectivity index is 2.42. The predicted octanol–water partition coefficient (Wildman–Crippen LogP) is 2.26. The van der Waals surface area contributed by atoms with Gasteiger partial charge in [0.25, 0.3) is 0 Å². The fraction of sp³-hybridized carbons (Fsp3) is 0.538. The average Bonchev–Trinajstić information content (AvgIpc) is 2.78. The second-order valence-corrected chi connectivity index (χ2v) is 5.12. The van der Waals surface area contributed by atoms with Crippen molar-refractivity contribution in [2.75, 3.05) is 19.8 Å². The van der Waals surface area contributed by atoms with E-state index in [2.05, 4.69) is 0 Å². The lowest BCUT2D eigenvalue weighted by Crippen LogP contribution is -2.26. The van der Waals surface area contributed by atoms with E-state index >= 15 is 0 Å². The molecule has 0 saturated carbocycles. The molecule has 7 heteroatoms. The highest BCUT2D eigenvalue weighted by atomic mass is 32.1. The van der Waals surface area contributed by atoms with Crippen molar-refractivity contribution in [3.05, 3.63) is 9.75 Å². The van der Waals surface area contributed by atoms with Crippen LogP contribution in [0.25, 0.3) is 0 Å². The molecule has 20 heavy (non-hydrogen) atoms. The summed E-state index contributed by atoms with van der Waals surface area (Å²) >= 11 is 0.974. The van der Waals surface area contributed by atoms with Crippen LogP contribution in [0.1, 0.15) is 40.1 Å². The van der Waals surface area contributed by atoms with Gasteiger partial charge in [-0.25, -0.2) is 9.59 Å². The number of ether oxygens (including phenoxy) is 4. The minimum Gasteiger partial charge on any atom is -0.484 e. The van der Waals surface area contributed by atoms with Gasteiger partial charge >= 0.3 is 11.9 Å². The van der Waals surface area contributed by atoms with Gasteiger partial charge in [0.2, 0.25) is 0 Å². The number of carbonyl (C=O) groups excluding carboxylic acids is 2. The quantitative estimate of drug-likeness (QED) is 0.794. The summed E-state index contributed by atoms with van der Waals surface area (Å²) < 4.78 is 21.1. The summed E-state index contributed by atoms with van der Waals surface area (Å²) in [5.74, 6) is -0.505. The van der Waals surface area contributed by atoms with Crippen molar-refractivity contribution in [1.82, 2.24) is 0 Å². The first kappa shape index (κ1) is 14.6. The van der Waals surface area contributed by atoms with Crippen molar-refractivity contribution in [3.8, 4) is 11.5 Å². The predicted molar refractivity (Wildman–Crippen MR) is 71.8 cm³/mol. The number of thiophene rings is 1. The number of esters is 2. The van der Waals surface area contributed by atoms with Crippen molar-refractivity contribution in [1.29, 1.82) is 0 Å². The van der Waals surface area contributed by atoms with Gasteiger partial charge < -0.3 is 18.9 Å². The first-order valence-electron chi connectivity index (χ1n) is 6.38. The second kappa shape index (κ2) is 6.13. The van der Waals surface area contributed by atoms with Crippen molar-refractivity contribution in [3.63, 3.8) is 0 Å². The van der Waals surface area contributed by atoms with Crippen LogP contribution < -0.4 is 9.47 Å². The molecule has 0 radical (unpaired) electrons. The van der Waals surface area contributed by atoms with Crippen LogP contribution in [0.3, 0.4) is 0 Å². The van der Waals surface area contributed by atoms with Crippen LogP contribution in [0, 0.1) is 0 Å². The number of hydrogen-bond acceptors (Lipinski definition) is 7. The Kier molecular flexibility index (Phi) is 4.49. The molecule has 0 amide bonds. The lowest BCUT2D eigenvalue weighted by Gasteiger charge is -2.22. The molecule has 2 rings (SSSR count). The summed E-state index contributed by atoms with van der Waals surface area (Å²) in [6, 6.07) is 0. The third kappa shape index (κ3) is 2.72. The van der Waals surface area contributed by atoms with Gasteiger partial charge in [0.05, 0.1) is 13.2 Å². The maximum atomic E-state index is 11.9. The van der Waals surface area contributed by atoms with Gasteiger partial charge in [-0.1, -0.05) is 0 Å². The van der Waals surface area contributed by atoms with E-state index in [0.29, 0.717) is 6.61 Å². The van der Waals surface area contributed by atoms with E-state index in [-0.39, 0.29) is 40.6 Å². The van der Waals surface area contributed by atoms with Gasteiger partial charge in [-0.2, -0.15) is 0 Å². The first-order chi connectivity index (χ1) is 9.58. The lowest BCUT2D eigenvalue weighted by molar-refractivity contribution is 0.0492. The Morgan fingerprint density at radius 3 is 2.25 bits per heavy atom. The highest BCUT2D eigenvalue weighted by Crippen LogP contribution is 2.45. The molecule has 1 aliphatic heterocycles. The highest BCUT2D eigenvalue weighted by Gasteiger charge is 2.34. The van der Waals surface area contributed by atoms with E-state index in [1.807, 2.05) is 6.92 Å². The Morgan fingerprint density at radius 2 is 1.70 bits per heavy atom. The van der Waals surface area contributed by atoms with Gasteiger partial charge in [0.15, 0.2) is 21.3 Å². The van der Waals surface area contributed by atoms with E-state index in [1.54, 1.807) is 13.8 Å². The van der Waals surface area contributed by atoms with Crippen LogP contribution in [0.5, 0.6) is 11.5 Å². The molecule has 1 aromatic heterocycles. The minimum atomic E-state index is -0.526. The molecule has 0 N–H and O–H groups in total. The topological polar surface area (TPSA) is 71.1 Å². The molecule has 0 saturated heterocycles. The molecule has 0 spiro atoms. The molecular formula is C13H16O6S. The van der Waals surface area contributed by atoms with Crippen LogP contribution in [0.2, 0.25) is 0 Å². The number of hydrogen-bond donors (Lipinski definition) is 0. The molecule has 0 fully saturated rings. The van der Waals surface area contributed by atoms with Gasteiger partial charge in [0.1, 0.15) is 12.7 Å². The van der Waals surface area contributed by atoms with E-state index in [1.165, 1.54) is 0 Å². The summed E-state index contributed by atoms with van der Waals surface area (Å²) in [5, 5.41) is 0. The largest absolute Gasteiger partial charge is 0.484 e. The van der Waals surface area contributed by atoms with Crippen molar-refractivity contribution in [2.45, 2.75) is 26.9 Å². The summed E-state index contributed by atoms with van der Waals surface area (Å²) in [5.41, 5.74) is 0. The van der Waals surface area contributed by atoms with Gasteiger partial charge in [-0.15, -0.1) is 11.3 Å². The Hall–Kier alpha value is -1.76. The SMILES string of the molecule is CCOC(=O)c1sc(C(=O)OCC)c2c1OC[C@H](C)O2. The monoisotopic (exact) mass is 300 g/mol. The van der Waals surface area contributed by atoms with Crippen LogP contribution >= 0.6 is 11.3 Å². The molecule has 6 nitrogen and oxygen atoms in total. The fourth-order valence-corrected chi connectivity index (χ4v) is 2.70. The van der Waals surface area contributed by atoms with E-state index in [4.69, 9.17) is 18.9 Å². The van der Waals surface area contributed by atoms with E-state index in [0.717, 1.165) is 11.3 Å². The molecule has 0 aliphatic carbocycles. The molecule has 1 aliphatic rings. The normalized spacial score (nSPS) is 16.6. The van der Waals surface area contributed by atoms with Crippen LogP contribution in [0.15, 0.2) is 0 Å². The molecule has 0 bridgehead atoms. The van der Waals surface area contributed by atoms with Crippen LogP contribution in [-0.2, 0) is 9.47 Å². The molecule has 0 aromatic carbocycles. The van der Waals surface area contributed by atoms with E-state index < -0.39 is 11.9 Å². The van der Waals surface area contributed by atoms with Gasteiger partial charge in [-0.3, -0.25) is 0 Å². The maximum absolute atomic E-state index is 11.9. The Labute approximate surface area is 120 Å². The molecule has 2 heterocycles. The highest BCUT2D eigenvalue weighted by molar-refractivity contribution is 7.16. The van der Waals surface area contributed by atoms with Crippen molar-refractivity contribution in [2.24, 2.45) is 0 Å². The zero-order valence-electron chi connectivity index (χ0n) is 11.6. The summed E-state index contributed by atoms with van der Waals surface area (Å²) in [7, 11) is 0. The number of carbonyl (C=O) groups is 2. The molecule has 0 unspecified atom stereocenters.